The van der Waals surface area contributed by atoms with Gasteiger partial charge in [-0.3, -0.25) is 9.59 Å². The van der Waals surface area contributed by atoms with Crippen LogP contribution in [0.25, 0.3) is 0 Å². The van der Waals surface area contributed by atoms with E-state index in [0.717, 1.165) is 16.4 Å². The topological polar surface area (TPSA) is 73.8 Å². The molecule has 0 fully saturated rings. The molecule has 34 heavy (non-hydrogen) atoms. The van der Waals surface area contributed by atoms with Gasteiger partial charge in [0.05, 0.1) is 23.7 Å². The number of fused-ring (bicyclic) bond motifs is 1. The van der Waals surface area contributed by atoms with Crippen LogP contribution in [-0.2, 0) is 9.59 Å². The molecular weight excluding hydrogens is 468 g/mol. The molecule has 0 aliphatic carbocycles. The predicted octanol–water partition coefficient (Wildman–Crippen LogP) is 5.72. The van der Waals surface area contributed by atoms with Crippen LogP contribution in [0.1, 0.15) is 38.8 Å². The third kappa shape index (κ3) is 5.37. The molecule has 1 unspecified atom stereocenters. The Kier molecular flexibility index (Phi) is 7.44. The maximum absolute atomic E-state index is 13.5. The van der Waals surface area contributed by atoms with Crippen molar-refractivity contribution in [1.29, 1.82) is 0 Å². The third-order valence-corrected chi connectivity index (χ3v) is 6.61. The van der Waals surface area contributed by atoms with E-state index in [1.165, 1.54) is 11.8 Å². The van der Waals surface area contributed by atoms with Crippen molar-refractivity contribution < 1.29 is 9.59 Å². The van der Waals surface area contributed by atoms with Crippen LogP contribution in [0.3, 0.4) is 0 Å². The van der Waals surface area contributed by atoms with Gasteiger partial charge < -0.3 is 15.5 Å². The fourth-order valence-corrected chi connectivity index (χ4v) is 5.08. The Balaban J connectivity index is 1.70. The van der Waals surface area contributed by atoms with Crippen molar-refractivity contribution in [3.05, 3.63) is 87.6 Å². The summed E-state index contributed by atoms with van der Waals surface area (Å²) in [7, 11) is 0. The van der Waals surface area contributed by atoms with Crippen LogP contribution in [0.4, 0.5) is 5.69 Å². The van der Waals surface area contributed by atoms with Crippen LogP contribution >= 0.6 is 23.4 Å². The van der Waals surface area contributed by atoms with Gasteiger partial charge in [0.2, 0.25) is 5.91 Å². The van der Waals surface area contributed by atoms with Crippen LogP contribution in [0, 0.1) is 5.92 Å². The lowest BCUT2D eigenvalue weighted by molar-refractivity contribution is -0.120. The second-order valence-corrected chi connectivity index (χ2v) is 9.92. The highest BCUT2D eigenvalue weighted by molar-refractivity contribution is 8.16. The number of allylic oxidation sites excluding steroid dienone is 1. The number of halogens is 1. The number of para-hydroxylation sites is 1. The molecule has 1 atom stereocenters. The monoisotopic (exact) mass is 494 g/mol. The molecule has 2 aromatic rings. The van der Waals surface area contributed by atoms with E-state index in [0.29, 0.717) is 34.4 Å². The van der Waals surface area contributed by atoms with E-state index in [9.17, 15) is 9.59 Å². The van der Waals surface area contributed by atoms with Gasteiger partial charge >= 0.3 is 0 Å². The molecule has 0 aromatic heterocycles. The summed E-state index contributed by atoms with van der Waals surface area (Å²) in [5.41, 5.74) is 3.51. The number of nitrogens with one attached hydrogen (secondary N) is 2. The minimum Gasteiger partial charge on any atom is -0.356 e. The van der Waals surface area contributed by atoms with Crippen molar-refractivity contribution in [1.82, 2.24) is 10.2 Å². The number of benzene rings is 2. The fraction of sp³-hybridized carbons (Fsp3) is 0.269. The van der Waals surface area contributed by atoms with Gasteiger partial charge in [0.15, 0.2) is 5.17 Å². The summed E-state index contributed by atoms with van der Waals surface area (Å²) in [6, 6.07) is 16.3. The molecule has 2 aromatic carbocycles. The zero-order valence-corrected chi connectivity index (χ0v) is 20.9. The van der Waals surface area contributed by atoms with Crippen LogP contribution < -0.4 is 10.6 Å². The zero-order valence-electron chi connectivity index (χ0n) is 19.3. The highest BCUT2D eigenvalue weighted by Crippen LogP contribution is 2.45. The van der Waals surface area contributed by atoms with Crippen molar-refractivity contribution in [2.75, 3.05) is 11.9 Å². The van der Waals surface area contributed by atoms with Gasteiger partial charge in [0, 0.05) is 23.0 Å². The van der Waals surface area contributed by atoms with E-state index in [2.05, 4.69) is 24.5 Å². The van der Waals surface area contributed by atoms with E-state index >= 15 is 0 Å². The maximum atomic E-state index is 13.5. The standard InChI is InChI=1S/C26H27ClN4O2S/c1-16(2)14-28-22(32)13-21-15-34-26-29-17(3)23(25(33)30-20-10-5-4-6-11-20)24(31(21)26)18-8-7-9-19(27)12-18/h4-12,15-16,24H,13-14H2,1-3H3,(H,28,32)(H,30,33). The first-order valence-electron chi connectivity index (χ1n) is 11.2. The highest BCUT2D eigenvalue weighted by Gasteiger charge is 2.40. The third-order valence-electron chi connectivity index (χ3n) is 5.49. The number of thioether (sulfide) groups is 1. The van der Waals surface area contributed by atoms with Crippen LogP contribution in [0.15, 0.2) is 82.0 Å². The molecule has 0 saturated heterocycles. The van der Waals surface area contributed by atoms with Gasteiger partial charge in [-0.25, -0.2) is 4.99 Å². The maximum Gasteiger partial charge on any atom is 0.255 e. The molecule has 2 aliphatic heterocycles. The summed E-state index contributed by atoms with van der Waals surface area (Å²) in [6.07, 6.45) is 0.197. The van der Waals surface area contributed by atoms with Crippen molar-refractivity contribution in [3.8, 4) is 0 Å². The van der Waals surface area contributed by atoms with E-state index in [4.69, 9.17) is 16.6 Å². The van der Waals surface area contributed by atoms with Crippen molar-refractivity contribution in [3.63, 3.8) is 0 Å². The molecule has 0 spiro atoms. The molecule has 2 amide bonds. The quantitative estimate of drug-likeness (QED) is 0.516. The van der Waals surface area contributed by atoms with Crippen LogP contribution in [0.5, 0.6) is 0 Å². The minimum atomic E-state index is -0.464. The number of amidine groups is 1. The van der Waals surface area contributed by atoms with Gasteiger partial charge in [0.1, 0.15) is 0 Å². The van der Waals surface area contributed by atoms with Gasteiger partial charge in [-0.05, 0) is 48.1 Å². The number of hydrogen-bond acceptors (Lipinski definition) is 5. The number of rotatable bonds is 7. The van der Waals surface area contributed by atoms with Crippen molar-refractivity contribution in [2.45, 2.75) is 33.2 Å². The van der Waals surface area contributed by atoms with Gasteiger partial charge in [0.25, 0.3) is 5.91 Å². The summed E-state index contributed by atoms with van der Waals surface area (Å²) >= 11 is 7.80. The molecule has 176 valence electrons. The summed E-state index contributed by atoms with van der Waals surface area (Å²) in [4.78, 5) is 32.9. The molecular formula is C26H27ClN4O2S. The lowest BCUT2D eigenvalue weighted by Crippen LogP contribution is -2.39. The van der Waals surface area contributed by atoms with E-state index < -0.39 is 6.04 Å². The lowest BCUT2D eigenvalue weighted by atomic mass is 9.93. The molecule has 4 rings (SSSR count). The molecule has 0 saturated carbocycles. The highest BCUT2D eigenvalue weighted by atomic mass is 35.5. The normalized spacial score (nSPS) is 17.3. The first kappa shape index (κ1) is 24.1. The van der Waals surface area contributed by atoms with Gasteiger partial charge in [-0.1, -0.05) is 67.5 Å². The summed E-state index contributed by atoms with van der Waals surface area (Å²) in [6.45, 7) is 6.57. The first-order chi connectivity index (χ1) is 16.3. The second-order valence-electron chi connectivity index (χ2n) is 8.64. The van der Waals surface area contributed by atoms with Crippen LogP contribution in [0.2, 0.25) is 5.02 Å². The number of aliphatic imine (C=N–C) groups is 1. The minimum absolute atomic E-state index is 0.0618. The number of carbonyl (C=O) groups excluding carboxylic acids is 2. The second kappa shape index (κ2) is 10.5. The first-order valence-corrected chi connectivity index (χ1v) is 12.4. The Hall–Kier alpha value is -3.03. The summed E-state index contributed by atoms with van der Waals surface area (Å²) in [5.74, 6) is 0.0614. The van der Waals surface area contributed by atoms with Crippen molar-refractivity contribution >= 4 is 46.0 Å². The molecule has 2 heterocycles. The Morgan fingerprint density at radius 1 is 1.15 bits per heavy atom. The molecule has 8 heteroatoms. The van der Waals surface area contributed by atoms with E-state index in [-0.39, 0.29) is 18.2 Å². The number of nitrogens with zero attached hydrogens (tertiary/aromatic N) is 2. The molecule has 2 aliphatic rings. The van der Waals surface area contributed by atoms with Gasteiger partial charge in [-0.15, -0.1) is 0 Å². The Morgan fingerprint density at radius 3 is 2.62 bits per heavy atom. The predicted molar refractivity (Wildman–Crippen MR) is 139 cm³/mol. The van der Waals surface area contributed by atoms with E-state index in [1.54, 1.807) is 6.07 Å². The zero-order chi connectivity index (χ0) is 24.2. The lowest BCUT2D eigenvalue weighted by Gasteiger charge is -2.36. The summed E-state index contributed by atoms with van der Waals surface area (Å²) < 4.78 is 0. The summed E-state index contributed by atoms with van der Waals surface area (Å²) in [5, 5.41) is 9.23. The number of anilines is 1. The SMILES string of the molecule is CC1=C(C(=O)Nc2ccccc2)C(c2cccc(Cl)c2)N2C(CC(=O)NCC(C)C)=CSC2=N1. The average molecular weight is 495 g/mol. The number of amides is 2. The average Bonchev–Trinajstić information content (AvgIpc) is 3.19. The Labute approximate surface area is 209 Å². The number of hydrogen-bond donors (Lipinski definition) is 2. The Bertz CT molecular complexity index is 1190. The Morgan fingerprint density at radius 2 is 1.91 bits per heavy atom. The van der Waals surface area contributed by atoms with Crippen LogP contribution in [-0.4, -0.2) is 28.4 Å². The van der Waals surface area contributed by atoms with Crippen molar-refractivity contribution in [2.24, 2.45) is 10.9 Å². The largest absolute Gasteiger partial charge is 0.356 e. The number of carbonyl (C=O) groups is 2. The molecule has 0 radical (unpaired) electrons. The van der Waals surface area contributed by atoms with E-state index in [1.807, 2.05) is 65.8 Å². The fourth-order valence-electron chi connectivity index (χ4n) is 3.92. The van der Waals surface area contributed by atoms with Gasteiger partial charge in [-0.2, -0.15) is 0 Å². The molecule has 6 nitrogen and oxygen atoms in total. The molecule has 0 bridgehead atoms. The smallest absolute Gasteiger partial charge is 0.255 e. The molecule has 2 N–H and O–H groups in total.